The van der Waals surface area contributed by atoms with E-state index in [0.717, 1.165) is 4.57 Å². The summed E-state index contributed by atoms with van der Waals surface area (Å²) in [5.74, 6) is -0.240. The molecule has 10 nitrogen and oxygen atoms in total. The number of pyridine rings is 1. The molecule has 31 heavy (non-hydrogen) atoms. The first kappa shape index (κ1) is 21.1. The number of fused-ring (bicyclic) bond motifs is 1. The second-order valence-corrected chi connectivity index (χ2v) is 7.72. The topological polar surface area (TPSA) is 131 Å². The van der Waals surface area contributed by atoms with Gasteiger partial charge in [-0.25, -0.2) is 14.3 Å². The molecule has 0 spiro atoms. The zero-order valence-corrected chi connectivity index (χ0v) is 17.3. The molecule has 0 unspecified atom stereocenters. The van der Waals surface area contributed by atoms with E-state index in [1.165, 1.54) is 10.8 Å². The highest BCUT2D eigenvalue weighted by molar-refractivity contribution is 5.80. The van der Waals surface area contributed by atoms with E-state index in [0.29, 0.717) is 55.8 Å². The lowest BCUT2D eigenvalue weighted by atomic mass is 10.1. The van der Waals surface area contributed by atoms with Crippen LogP contribution in [0, 0.1) is 0 Å². The maximum absolute atomic E-state index is 12.9. The van der Waals surface area contributed by atoms with E-state index in [1.807, 2.05) is 0 Å². The second-order valence-electron chi connectivity index (χ2n) is 7.72. The first-order valence-electron chi connectivity index (χ1n) is 10.3. The van der Waals surface area contributed by atoms with Crippen molar-refractivity contribution in [3.05, 3.63) is 56.0 Å². The molecule has 0 amide bonds. The van der Waals surface area contributed by atoms with Crippen LogP contribution in [0.3, 0.4) is 0 Å². The fraction of sp³-hybridized carbons (Fsp3) is 0.476. The van der Waals surface area contributed by atoms with Gasteiger partial charge in [-0.1, -0.05) is 6.07 Å². The molecular formula is C21H25N5O5. The highest BCUT2D eigenvalue weighted by Gasteiger charge is 2.23. The van der Waals surface area contributed by atoms with E-state index in [-0.39, 0.29) is 23.9 Å². The Balaban J connectivity index is 1.51. The van der Waals surface area contributed by atoms with Crippen LogP contribution in [0.25, 0.3) is 5.82 Å². The molecule has 0 aliphatic carbocycles. The normalized spacial score (nSPS) is 17.2. The van der Waals surface area contributed by atoms with Gasteiger partial charge in [0.15, 0.2) is 0 Å². The molecule has 2 aromatic heterocycles. The number of esters is 1. The van der Waals surface area contributed by atoms with Crippen molar-refractivity contribution < 1.29 is 14.3 Å². The van der Waals surface area contributed by atoms with Crippen molar-refractivity contribution in [3.8, 4) is 5.82 Å². The number of nitrogens with two attached hydrogens (primary N) is 1. The van der Waals surface area contributed by atoms with Gasteiger partial charge in [-0.15, -0.1) is 0 Å². The van der Waals surface area contributed by atoms with E-state index in [9.17, 15) is 14.4 Å². The minimum Gasteiger partial charge on any atom is -0.461 e. The van der Waals surface area contributed by atoms with Gasteiger partial charge in [-0.2, -0.15) is 0 Å². The van der Waals surface area contributed by atoms with Crippen molar-refractivity contribution in [2.75, 3.05) is 19.8 Å². The molecule has 0 bridgehead atoms. The van der Waals surface area contributed by atoms with Crippen LogP contribution in [-0.4, -0.2) is 58.2 Å². The van der Waals surface area contributed by atoms with Gasteiger partial charge in [0.05, 0.1) is 18.9 Å². The second kappa shape index (κ2) is 8.94. The van der Waals surface area contributed by atoms with E-state index < -0.39 is 17.7 Å². The number of nitrogens with zero attached hydrogens (tertiary/aromatic N) is 4. The third-order valence-corrected chi connectivity index (χ3v) is 5.56. The fourth-order valence-corrected chi connectivity index (χ4v) is 3.77. The van der Waals surface area contributed by atoms with Crippen LogP contribution in [-0.2, 0) is 34.2 Å². The molecule has 0 saturated carbocycles. The number of carbonyl (C=O) groups is 1. The van der Waals surface area contributed by atoms with E-state index in [1.54, 1.807) is 25.4 Å². The maximum Gasteiger partial charge on any atom is 0.337 e. The molecule has 2 N–H and O–H groups in total. The van der Waals surface area contributed by atoms with Crippen LogP contribution < -0.4 is 17.0 Å². The van der Waals surface area contributed by atoms with E-state index >= 15 is 0 Å². The van der Waals surface area contributed by atoms with Gasteiger partial charge in [-0.05, 0) is 24.5 Å². The molecule has 1 fully saturated rings. The Morgan fingerprint density at radius 3 is 2.81 bits per heavy atom. The Morgan fingerprint density at radius 2 is 2.10 bits per heavy atom. The van der Waals surface area contributed by atoms with Crippen LogP contribution in [0.2, 0.25) is 0 Å². The van der Waals surface area contributed by atoms with E-state index in [4.69, 9.17) is 15.2 Å². The van der Waals surface area contributed by atoms with Crippen LogP contribution in [0.5, 0.6) is 0 Å². The smallest absolute Gasteiger partial charge is 0.337 e. The lowest BCUT2D eigenvalue weighted by Gasteiger charge is -2.23. The molecule has 4 heterocycles. The van der Waals surface area contributed by atoms with Crippen LogP contribution >= 0.6 is 0 Å². The predicted molar refractivity (Wildman–Crippen MR) is 113 cm³/mol. The van der Waals surface area contributed by atoms with Gasteiger partial charge >= 0.3 is 11.7 Å². The molecule has 1 saturated heterocycles. The number of hydrogen-bond acceptors (Lipinski definition) is 8. The SMILES string of the molecule is Cn1c2c(c(=O)n(-c3ccc(C[C@H](N)C(=O)OC4CCOCC4)cn3)c1=O)CCN=C2. The quantitative estimate of drug-likeness (QED) is 0.637. The minimum atomic E-state index is -0.825. The van der Waals surface area contributed by atoms with Crippen LogP contribution in [0.4, 0.5) is 0 Å². The molecule has 2 aliphatic heterocycles. The van der Waals surface area contributed by atoms with E-state index in [2.05, 4.69) is 9.98 Å². The fourth-order valence-electron chi connectivity index (χ4n) is 3.77. The number of aliphatic imine (C=N–C) groups is 1. The molecule has 2 aromatic rings. The molecular weight excluding hydrogens is 402 g/mol. The number of ether oxygens (including phenoxy) is 2. The summed E-state index contributed by atoms with van der Waals surface area (Å²) < 4.78 is 13.2. The van der Waals surface area contributed by atoms with Crippen molar-refractivity contribution in [3.63, 3.8) is 0 Å². The van der Waals surface area contributed by atoms with Crippen LogP contribution in [0.15, 0.2) is 32.9 Å². The zero-order valence-electron chi connectivity index (χ0n) is 17.3. The predicted octanol–water partition coefficient (Wildman–Crippen LogP) is -0.502. The van der Waals surface area contributed by atoms with Crippen molar-refractivity contribution in [2.24, 2.45) is 17.8 Å². The summed E-state index contributed by atoms with van der Waals surface area (Å²) in [6, 6.07) is 2.46. The van der Waals surface area contributed by atoms with Crippen LogP contribution in [0.1, 0.15) is 29.7 Å². The highest BCUT2D eigenvalue weighted by Crippen LogP contribution is 2.13. The average molecular weight is 427 g/mol. The van der Waals surface area contributed by atoms with Crippen molar-refractivity contribution in [1.82, 2.24) is 14.1 Å². The van der Waals surface area contributed by atoms with Gasteiger partial charge in [0, 0.05) is 44.4 Å². The highest BCUT2D eigenvalue weighted by atomic mass is 16.6. The van der Waals surface area contributed by atoms with Gasteiger partial charge in [0.1, 0.15) is 18.0 Å². The first-order chi connectivity index (χ1) is 15.0. The first-order valence-corrected chi connectivity index (χ1v) is 10.3. The Labute approximate surface area is 178 Å². The molecule has 4 rings (SSSR count). The Morgan fingerprint density at radius 1 is 1.32 bits per heavy atom. The van der Waals surface area contributed by atoms with Crippen molar-refractivity contribution in [2.45, 2.75) is 37.8 Å². The minimum absolute atomic E-state index is 0.162. The van der Waals surface area contributed by atoms with Gasteiger partial charge < -0.3 is 15.2 Å². The summed E-state index contributed by atoms with van der Waals surface area (Å²) in [7, 11) is 1.60. The van der Waals surface area contributed by atoms with Gasteiger partial charge in [0.2, 0.25) is 0 Å². The summed E-state index contributed by atoms with van der Waals surface area (Å²) in [4.78, 5) is 46.3. The molecule has 1 atom stereocenters. The standard InChI is InChI=1S/C21H25N5O5/c1-25-17-12-23-7-4-15(17)19(27)26(21(25)29)18-3-2-13(11-24-18)10-16(22)20(28)31-14-5-8-30-9-6-14/h2-3,11-12,14,16H,4-10,22H2,1H3/t16-/m0/s1. The lowest BCUT2D eigenvalue weighted by molar-refractivity contribution is -0.154. The summed E-state index contributed by atoms with van der Waals surface area (Å²) in [5, 5.41) is 0. The van der Waals surface area contributed by atoms with Crippen molar-refractivity contribution >= 4 is 12.2 Å². The maximum atomic E-state index is 12.9. The molecule has 0 aromatic carbocycles. The summed E-state index contributed by atoms with van der Waals surface area (Å²) >= 11 is 0. The lowest BCUT2D eigenvalue weighted by Crippen LogP contribution is -2.43. The van der Waals surface area contributed by atoms with Gasteiger partial charge in [0.25, 0.3) is 5.56 Å². The molecule has 2 aliphatic rings. The average Bonchev–Trinajstić information content (AvgIpc) is 2.79. The third kappa shape index (κ3) is 4.35. The molecule has 10 heteroatoms. The molecule has 164 valence electrons. The third-order valence-electron chi connectivity index (χ3n) is 5.56. The monoisotopic (exact) mass is 427 g/mol. The summed E-state index contributed by atoms with van der Waals surface area (Å²) in [5.41, 5.74) is 6.90. The summed E-state index contributed by atoms with van der Waals surface area (Å²) in [6.45, 7) is 1.66. The largest absolute Gasteiger partial charge is 0.461 e. The number of hydrogen-bond donors (Lipinski definition) is 1. The number of aromatic nitrogens is 3. The Kier molecular flexibility index (Phi) is 6.10. The summed E-state index contributed by atoms with van der Waals surface area (Å²) in [6.07, 6.45) is 4.97. The Bertz CT molecular complexity index is 1110. The van der Waals surface area contributed by atoms with Crippen molar-refractivity contribution in [1.29, 1.82) is 0 Å². The van der Waals surface area contributed by atoms with Gasteiger partial charge in [-0.3, -0.25) is 19.1 Å². The zero-order chi connectivity index (χ0) is 22.0. The number of carbonyl (C=O) groups excluding carboxylic acids is 1. The molecule has 0 radical (unpaired) electrons. The Hall–Kier alpha value is -3.11. The number of rotatable bonds is 5.